The molecule has 6 rings (SSSR count). The number of hydrogen-bond acceptors (Lipinski definition) is 8. The first-order chi connectivity index (χ1) is 18.8. The van der Waals surface area contributed by atoms with Crippen molar-refractivity contribution in [2.45, 2.75) is 45.6 Å². The molecule has 0 atom stereocenters. The Balaban J connectivity index is 1.75. The molecule has 1 aliphatic carbocycles. The first kappa shape index (κ1) is 25.2. The molecule has 4 aromatic rings. The van der Waals surface area contributed by atoms with Gasteiger partial charge in [0, 0.05) is 32.4 Å². The van der Waals surface area contributed by atoms with Gasteiger partial charge in [-0.3, -0.25) is 9.55 Å². The fraction of sp³-hybridized carbons (Fsp3) is 0.379. The van der Waals surface area contributed by atoms with E-state index in [-0.39, 0.29) is 34.9 Å². The highest BCUT2D eigenvalue weighted by Crippen LogP contribution is 2.41. The van der Waals surface area contributed by atoms with Crippen molar-refractivity contribution < 1.29 is 14.2 Å². The Bertz CT molecular complexity index is 1610. The molecule has 10 heteroatoms. The SMILES string of the molecule is Cc1ccnc(C(C)C)c1-n1c(=O)nc(N2CCNCC2)c2c(OC3CC3)nc(-c3c(O)cccc3F)cc21. The lowest BCUT2D eigenvalue weighted by Gasteiger charge is -2.30. The number of phenolic OH excluding ortho intramolecular Hbond substituents is 1. The van der Waals surface area contributed by atoms with Crippen molar-refractivity contribution in [1.29, 1.82) is 0 Å². The predicted octanol–water partition coefficient (Wildman–Crippen LogP) is 4.07. The summed E-state index contributed by atoms with van der Waals surface area (Å²) in [6, 6.07) is 7.64. The van der Waals surface area contributed by atoms with Crippen LogP contribution in [0, 0.1) is 12.7 Å². The maximum absolute atomic E-state index is 15.1. The summed E-state index contributed by atoms with van der Waals surface area (Å²) in [5.41, 5.74) is 2.36. The van der Waals surface area contributed by atoms with Crippen LogP contribution in [0.1, 0.15) is 43.9 Å². The van der Waals surface area contributed by atoms with E-state index in [9.17, 15) is 9.90 Å². The van der Waals surface area contributed by atoms with E-state index >= 15 is 4.39 Å². The molecule has 3 aromatic heterocycles. The zero-order valence-electron chi connectivity index (χ0n) is 22.2. The Morgan fingerprint density at radius 3 is 2.62 bits per heavy atom. The van der Waals surface area contributed by atoms with Gasteiger partial charge in [0.15, 0.2) is 0 Å². The zero-order valence-corrected chi connectivity index (χ0v) is 22.2. The summed E-state index contributed by atoms with van der Waals surface area (Å²) in [5, 5.41) is 14.6. The number of ether oxygens (including phenoxy) is 1. The van der Waals surface area contributed by atoms with Crippen molar-refractivity contribution in [3.05, 3.63) is 64.1 Å². The minimum absolute atomic E-state index is 0.0206. The summed E-state index contributed by atoms with van der Waals surface area (Å²) >= 11 is 0. The van der Waals surface area contributed by atoms with Crippen molar-refractivity contribution in [1.82, 2.24) is 24.8 Å². The van der Waals surface area contributed by atoms with Crippen LogP contribution in [0.3, 0.4) is 0 Å². The molecule has 4 heterocycles. The summed E-state index contributed by atoms with van der Waals surface area (Å²) in [7, 11) is 0. The van der Waals surface area contributed by atoms with E-state index < -0.39 is 11.5 Å². The van der Waals surface area contributed by atoms with Crippen molar-refractivity contribution >= 4 is 16.7 Å². The molecular weight excluding hydrogens is 499 g/mol. The summed E-state index contributed by atoms with van der Waals surface area (Å²) in [5.74, 6) is -0.0772. The monoisotopic (exact) mass is 530 g/mol. The van der Waals surface area contributed by atoms with E-state index in [1.807, 2.05) is 26.8 Å². The number of rotatable bonds is 6. The highest BCUT2D eigenvalue weighted by Gasteiger charge is 2.30. The molecule has 2 N–H and O–H groups in total. The Hall–Kier alpha value is -4.05. The molecule has 1 aliphatic heterocycles. The van der Waals surface area contributed by atoms with E-state index in [1.165, 1.54) is 18.2 Å². The molecule has 2 aliphatic rings. The maximum Gasteiger partial charge on any atom is 0.354 e. The number of pyridine rings is 2. The number of phenols is 1. The van der Waals surface area contributed by atoms with Crippen LogP contribution in [-0.2, 0) is 0 Å². The molecule has 39 heavy (non-hydrogen) atoms. The van der Waals surface area contributed by atoms with Crippen LogP contribution in [-0.4, -0.2) is 56.9 Å². The van der Waals surface area contributed by atoms with E-state index in [0.717, 1.165) is 37.2 Å². The second kappa shape index (κ2) is 9.92. The number of fused-ring (bicyclic) bond motifs is 1. The number of benzene rings is 1. The molecule has 1 aromatic carbocycles. The third kappa shape index (κ3) is 4.58. The Labute approximate surface area is 225 Å². The molecule has 0 spiro atoms. The first-order valence-electron chi connectivity index (χ1n) is 13.4. The van der Waals surface area contributed by atoms with Gasteiger partial charge in [-0.2, -0.15) is 4.98 Å². The van der Waals surface area contributed by atoms with Gasteiger partial charge in [-0.1, -0.05) is 19.9 Å². The quantitative estimate of drug-likeness (QED) is 0.384. The molecule has 1 saturated heterocycles. The number of piperazine rings is 1. The van der Waals surface area contributed by atoms with Crippen molar-refractivity contribution in [2.24, 2.45) is 0 Å². The molecule has 0 unspecified atom stereocenters. The van der Waals surface area contributed by atoms with Crippen molar-refractivity contribution in [2.75, 3.05) is 31.1 Å². The van der Waals surface area contributed by atoms with Gasteiger partial charge in [0.1, 0.15) is 28.9 Å². The topological polar surface area (TPSA) is 105 Å². The maximum atomic E-state index is 15.1. The molecule has 2 fully saturated rings. The lowest BCUT2D eigenvalue weighted by molar-refractivity contribution is 0.295. The standard InChI is InChI=1S/C29H31FN6O3/c1-16(2)25-26(17(3)9-10-32-25)36-21-15-20(23-19(30)5-4-6-22(23)37)33-28(39-18-7-8-18)24(21)27(34-29(36)38)35-13-11-31-12-14-35/h4-6,9-10,15-16,18,31,37H,7-8,11-14H2,1-3H3. The van der Waals surface area contributed by atoms with Crippen LogP contribution in [0.2, 0.25) is 0 Å². The number of anilines is 1. The van der Waals surface area contributed by atoms with Gasteiger partial charge < -0.3 is 20.1 Å². The number of hydrogen-bond donors (Lipinski definition) is 2. The van der Waals surface area contributed by atoms with Crippen LogP contribution in [0.15, 0.2) is 41.3 Å². The van der Waals surface area contributed by atoms with Crippen LogP contribution >= 0.6 is 0 Å². The summed E-state index contributed by atoms with van der Waals surface area (Å²) in [4.78, 5) is 30.0. The average molecular weight is 531 g/mol. The molecular formula is C29H31FN6O3. The van der Waals surface area contributed by atoms with Gasteiger partial charge in [0.25, 0.3) is 0 Å². The van der Waals surface area contributed by atoms with Crippen LogP contribution in [0.5, 0.6) is 11.6 Å². The van der Waals surface area contributed by atoms with Gasteiger partial charge in [-0.25, -0.2) is 14.2 Å². The smallest absolute Gasteiger partial charge is 0.354 e. The van der Waals surface area contributed by atoms with Gasteiger partial charge in [0.05, 0.1) is 28.2 Å². The minimum atomic E-state index is -0.620. The van der Waals surface area contributed by atoms with Gasteiger partial charge in [0.2, 0.25) is 5.88 Å². The molecule has 0 radical (unpaired) electrons. The van der Waals surface area contributed by atoms with E-state index in [1.54, 1.807) is 16.8 Å². The lowest BCUT2D eigenvalue weighted by atomic mass is 10.0. The zero-order chi connectivity index (χ0) is 27.3. The first-order valence-corrected chi connectivity index (χ1v) is 13.4. The normalized spacial score (nSPS) is 15.8. The Morgan fingerprint density at radius 1 is 1.15 bits per heavy atom. The number of halogens is 1. The second-order valence-corrected chi connectivity index (χ2v) is 10.5. The Kier molecular flexibility index (Phi) is 6.42. The van der Waals surface area contributed by atoms with Crippen LogP contribution in [0.25, 0.3) is 27.8 Å². The number of nitrogens with one attached hydrogen (secondary N) is 1. The van der Waals surface area contributed by atoms with E-state index in [2.05, 4.69) is 20.2 Å². The number of nitrogens with zero attached hydrogens (tertiary/aromatic N) is 5. The van der Waals surface area contributed by atoms with Gasteiger partial charge >= 0.3 is 5.69 Å². The van der Waals surface area contributed by atoms with Crippen molar-refractivity contribution in [3.8, 4) is 28.6 Å². The predicted molar refractivity (Wildman–Crippen MR) is 148 cm³/mol. The van der Waals surface area contributed by atoms with E-state index in [0.29, 0.717) is 35.5 Å². The number of aromatic hydroxyl groups is 1. The highest BCUT2D eigenvalue weighted by atomic mass is 19.1. The average Bonchev–Trinajstić information content (AvgIpc) is 3.73. The molecule has 1 saturated carbocycles. The molecule has 0 amide bonds. The number of aryl methyl sites for hydroxylation is 1. The highest BCUT2D eigenvalue weighted by molar-refractivity contribution is 5.97. The van der Waals surface area contributed by atoms with Crippen LogP contribution in [0.4, 0.5) is 10.2 Å². The van der Waals surface area contributed by atoms with Gasteiger partial charge in [-0.05, 0) is 55.5 Å². The Morgan fingerprint density at radius 2 is 1.92 bits per heavy atom. The lowest BCUT2D eigenvalue weighted by Crippen LogP contribution is -2.45. The fourth-order valence-corrected chi connectivity index (χ4v) is 5.12. The summed E-state index contributed by atoms with van der Waals surface area (Å²) < 4.78 is 23.0. The van der Waals surface area contributed by atoms with Crippen LogP contribution < -0.4 is 20.6 Å². The summed E-state index contributed by atoms with van der Waals surface area (Å²) in [6.07, 6.45) is 3.48. The largest absolute Gasteiger partial charge is 0.507 e. The van der Waals surface area contributed by atoms with Crippen molar-refractivity contribution in [3.63, 3.8) is 0 Å². The third-order valence-corrected chi connectivity index (χ3v) is 7.21. The fourth-order valence-electron chi connectivity index (χ4n) is 5.12. The van der Waals surface area contributed by atoms with Gasteiger partial charge in [-0.15, -0.1) is 0 Å². The molecule has 9 nitrogen and oxygen atoms in total. The summed E-state index contributed by atoms with van der Waals surface area (Å²) in [6.45, 7) is 8.79. The molecule has 202 valence electrons. The second-order valence-electron chi connectivity index (χ2n) is 10.5. The molecule has 0 bridgehead atoms. The van der Waals surface area contributed by atoms with E-state index in [4.69, 9.17) is 9.72 Å². The third-order valence-electron chi connectivity index (χ3n) is 7.21. The number of aromatic nitrogens is 4. The minimum Gasteiger partial charge on any atom is -0.507 e.